The largest absolute Gasteiger partial charge is 0.494 e. The summed E-state index contributed by atoms with van der Waals surface area (Å²) in [6.07, 6.45) is 0. The van der Waals surface area contributed by atoms with Crippen LogP contribution >= 0.6 is 47.8 Å². The average Bonchev–Trinajstić information content (AvgIpc) is 1.56. The van der Waals surface area contributed by atoms with Gasteiger partial charge in [-0.25, -0.2) is 0 Å². The molecule has 1 aliphatic rings. The quantitative estimate of drug-likeness (QED) is 0.101. The summed E-state index contributed by atoms with van der Waals surface area (Å²) in [5.74, 6) is 0. The van der Waals surface area contributed by atoms with Gasteiger partial charge < -0.3 is 27.9 Å². The highest BCUT2D eigenvalue weighted by Crippen LogP contribution is 2.46. The van der Waals surface area contributed by atoms with Crippen LogP contribution in [0.1, 0.15) is 27.7 Å². The van der Waals surface area contributed by atoms with Crippen molar-refractivity contribution in [2.75, 3.05) is 9.80 Å². The van der Waals surface area contributed by atoms with Gasteiger partial charge in [-0.3, -0.25) is 0 Å². The van der Waals surface area contributed by atoms with Crippen LogP contribution < -0.4 is 15.3 Å². The van der Waals surface area contributed by atoms with Crippen LogP contribution in [0.4, 0.5) is 34.1 Å². The van der Waals surface area contributed by atoms with Crippen molar-refractivity contribution in [2.45, 2.75) is 38.9 Å². The van der Waals surface area contributed by atoms with Crippen LogP contribution in [0.2, 0.25) is 0 Å². The minimum atomic E-state index is -0.409. The van der Waals surface area contributed by atoms with E-state index in [0.717, 1.165) is 125 Å². The molecule has 16 aromatic carbocycles. The lowest BCUT2D eigenvalue weighted by molar-refractivity contribution is 0.00578. The first-order chi connectivity index (χ1) is 54.8. The van der Waals surface area contributed by atoms with Crippen LogP contribution in [0, 0.1) is 0 Å². The maximum Gasteiger partial charge on any atom is 0.494 e. The Hall–Kier alpha value is -11.9. The van der Waals surface area contributed by atoms with Crippen LogP contribution in [-0.2, 0) is 9.31 Å². The summed E-state index contributed by atoms with van der Waals surface area (Å²) >= 11 is 10.9. The predicted molar refractivity (Wildman–Crippen MR) is 480 cm³/mol. The first kappa shape index (κ1) is 73.0. The molecule has 0 aliphatic carbocycles. The Bertz CT molecular complexity index is 6280. The zero-order valence-electron chi connectivity index (χ0n) is 62.2. The molecule has 3 heterocycles. The molecule has 0 saturated carbocycles. The van der Waals surface area contributed by atoms with E-state index in [1.54, 1.807) is 0 Å². The van der Waals surface area contributed by atoms with Gasteiger partial charge in [-0.1, -0.05) is 333 Å². The minimum absolute atomic E-state index is 0.392. The molecule has 0 amide bonds. The molecule has 542 valence electrons. The Kier molecular flexibility index (Phi) is 20.8. The number of hydrogen-bond donors (Lipinski definition) is 0. The second-order valence-corrected chi connectivity index (χ2v) is 31.4. The molecule has 2 aromatic heterocycles. The number of nitrogens with zero attached hydrogens (tertiary/aromatic N) is 2. The number of hydrogen-bond acceptors (Lipinski definition) is 6. The fourth-order valence-corrected chi connectivity index (χ4v) is 16.9. The summed E-state index contributed by atoms with van der Waals surface area (Å²) in [7, 11) is -0.409. The lowest BCUT2D eigenvalue weighted by atomic mass is 9.79. The molecule has 10 heteroatoms. The first-order valence-electron chi connectivity index (χ1n) is 37.6. The van der Waals surface area contributed by atoms with Gasteiger partial charge >= 0.3 is 7.12 Å². The zero-order valence-corrected chi connectivity index (χ0v) is 66.9. The van der Waals surface area contributed by atoms with Crippen molar-refractivity contribution in [2.24, 2.45) is 0 Å². The third-order valence-electron chi connectivity index (χ3n) is 21.4. The fourth-order valence-electron chi connectivity index (χ4n) is 14.9. The first-order valence-corrected chi connectivity index (χ1v) is 40.0. The van der Waals surface area contributed by atoms with E-state index >= 15 is 0 Å². The Balaban J connectivity index is 0.000000139. The van der Waals surface area contributed by atoms with E-state index in [0.29, 0.717) is 0 Å². The second-order valence-electron chi connectivity index (χ2n) is 28.9. The molecular formula is C102H76BBr3N2O4. The number of para-hydroxylation sites is 4. The second kappa shape index (κ2) is 31.9. The van der Waals surface area contributed by atoms with Gasteiger partial charge in [-0.05, 0) is 192 Å². The van der Waals surface area contributed by atoms with Crippen LogP contribution in [0.3, 0.4) is 0 Å². The van der Waals surface area contributed by atoms with E-state index < -0.39 is 18.3 Å². The van der Waals surface area contributed by atoms with Crippen molar-refractivity contribution in [3.63, 3.8) is 0 Å². The zero-order chi connectivity index (χ0) is 76.3. The highest BCUT2D eigenvalue weighted by molar-refractivity contribution is 9.11. The van der Waals surface area contributed by atoms with Gasteiger partial charge in [-0.15, -0.1) is 0 Å². The number of anilines is 6. The van der Waals surface area contributed by atoms with E-state index in [4.69, 9.17) is 18.1 Å². The fraction of sp³-hybridized carbons (Fsp3) is 0.0588. The lowest BCUT2D eigenvalue weighted by Gasteiger charge is -2.32. The van der Waals surface area contributed by atoms with Crippen LogP contribution in [0.5, 0.6) is 0 Å². The number of furan rings is 2. The molecule has 0 bridgehead atoms. The van der Waals surface area contributed by atoms with Crippen molar-refractivity contribution in [3.05, 3.63) is 402 Å². The normalized spacial score (nSPS) is 12.8. The molecule has 0 unspecified atom stereocenters. The van der Waals surface area contributed by atoms with Gasteiger partial charge in [0, 0.05) is 91.3 Å². The molecule has 0 spiro atoms. The topological polar surface area (TPSA) is 51.2 Å². The summed E-state index contributed by atoms with van der Waals surface area (Å²) < 4.78 is 28.7. The Morgan fingerprint density at radius 1 is 0.232 bits per heavy atom. The van der Waals surface area contributed by atoms with Gasteiger partial charge in [0.2, 0.25) is 0 Å². The molecule has 18 aromatic rings. The highest BCUT2D eigenvalue weighted by Gasteiger charge is 2.51. The van der Waals surface area contributed by atoms with Crippen molar-refractivity contribution in [1.82, 2.24) is 0 Å². The molecule has 19 rings (SSSR count). The maximum atomic E-state index is 6.38. The molecule has 1 fully saturated rings. The van der Waals surface area contributed by atoms with Gasteiger partial charge in [0.25, 0.3) is 0 Å². The molecule has 1 saturated heterocycles. The number of fused-ring (bicyclic) bond motifs is 6. The highest BCUT2D eigenvalue weighted by atomic mass is 79.9. The Morgan fingerprint density at radius 2 is 0.500 bits per heavy atom. The standard InChI is InChI=1S/C48H32BrNO.C42H36BNO3.C12H8Br2/c49-45-19-10-16-41(47(45)37-13-5-2-6-14-37)35-23-29-39(30-24-35)50(38-27-21-34(22-28-38)33-11-3-1-4-12-33)40-31-25-36(26-32-40)42-17-9-18-44-43-15-7-8-20-46(43)51-48(42)44;1-41(2)42(3,4)47-43(46-41)32-21-27-35(28-22-32)44(33-23-17-30(18-24-33)29-11-6-5-7-12-29)34-25-19-31(20-26-34)36-14-10-15-38-37-13-8-9-16-39(37)45-40(36)38;13-10-7-4-8-11(14)12(10)9-5-2-1-3-6-9/h1-32H;5-28H,1-4H3;1-8H. The van der Waals surface area contributed by atoms with Gasteiger partial charge in [0.1, 0.15) is 22.3 Å². The third kappa shape index (κ3) is 14.9. The van der Waals surface area contributed by atoms with E-state index in [1.165, 1.54) is 50.1 Å². The number of halogens is 3. The van der Waals surface area contributed by atoms with E-state index in [2.05, 4.69) is 407 Å². The molecule has 6 nitrogen and oxygen atoms in total. The predicted octanol–water partition coefficient (Wildman–Crippen LogP) is 30.1. The van der Waals surface area contributed by atoms with Crippen LogP contribution in [-0.4, -0.2) is 18.3 Å². The Labute approximate surface area is 679 Å². The smallest absolute Gasteiger partial charge is 0.455 e. The Morgan fingerprint density at radius 3 is 0.884 bits per heavy atom. The van der Waals surface area contributed by atoms with Crippen molar-refractivity contribution in [3.8, 4) is 77.9 Å². The lowest BCUT2D eigenvalue weighted by Crippen LogP contribution is -2.41. The van der Waals surface area contributed by atoms with Crippen molar-refractivity contribution < 1.29 is 18.1 Å². The molecule has 1 aliphatic heterocycles. The van der Waals surface area contributed by atoms with E-state index in [1.807, 2.05) is 66.7 Å². The summed E-state index contributed by atoms with van der Waals surface area (Å²) in [4.78, 5) is 4.61. The third-order valence-corrected chi connectivity index (χ3v) is 23.3. The summed E-state index contributed by atoms with van der Waals surface area (Å²) in [5.41, 5.74) is 26.5. The van der Waals surface area contributed by atoms with Crippen LogP contribution in [0.25, 0.3) is 122 Å². The van der Waals surface area contributed by atoms with Gasteiger partial charge in [0.15, 0.2) is 0 Å². The molecule has 112 heavy (non-hydrogen) atoms. The summed E-state index contributed by atoms with van der Waals surface area (Å²) in [5, 5.41) is 4.53. The monoisotopic (exact) mass is 1640 g/mol. The summed E-state index contributed by atoms with van der Waals surface area (Å²) in [6.45, 7) is 8.34. The maximum absolute atomic E-state index is 6.38. The number of rotatable bonds is 14. The van der Waals surface area contributed by atoms with E-state index in [-0.39, 0.29) is 0 Å². The molecular weight excluding hydrogens is 1570 g/mol. The molecule has 0 radical (unpaired) electrons. The van der Waals surface area contributed by atoms with E-state index in [9.17, 15) is 0 Å². The van der Waals surface area contributed by atoms with Crippen molar-refractivity contribution >= 4 is 138 Å². The molecule has 0 atom stereocenters. The van der Waals surface area contributed by atoms with Gasteiger partial charge in [0.05, 0.1) is 11.2 Å². The SMILES string of the molecule is Brc1cccc(-c2ccc(N(c3ccc(-c4ccccc4)cc3)c3ccc(-c4cccc5c4oc4ccccc45)cc3)cc2)c1-c1ccccc1.Brc1cccc(Br)c1-c1ccccc1.CC1(C)OB(c2ccc(N(c3ccc(-c4ccccc4)cc3)c3ccc(-c4cccc5c4oc4ccccc45)cc3)cc2)OC1(C)C. The molecule has 0 N–H and O–H groups in total. The summed E-state index contributed by atoms with van der Waals surface area (Å²) in [6, 6.07) is 136. The average molecular weight is 1640 g/mol. The minimum Gasteiger partial charge on any atom is -0.455 e. The van der Waals surface area contributed by atoms with Crippen molar-refractivity contribution in [1.29, 1.82) is 0 Å². The number of benzene rings is 16. The van der Waals surface area contributed by atoms with Gasteiger partial charge in [-0.2, -0.15) is 0 Å². The van der Waals surface area contributed by atoms with Crippen LogP contribution in [0.15, 0.2) is 410 Å².